The van der Waals surface area contributed by atoms with Crippen LogP contribution in [-0.4, -0.2) is 0 Å². The lowest BCUT2D eigenvalue weighted by atomic mass is 9.94. The molecule has 0 rings (SSSR count). The van der Waals surface area contributed by atoms with Crippen molar-refractivity contribution in [3.63, 3.8) is 0 Å². The van der Waals surface area contributed by atoms with Crippen LogP contribution in [0.5, 0.6) is 0 Å². The molecule has 0 spiro atoms. The van der Waals surface area contributed by atoms with Crippen molar-refractivity contribution in [2.75, 3.05) is 0 Å². The number of hydrogen-bond donors (Lipinski definition) is 0. The second-order valence-corrected chi connectivity index (χ2v) is 3.98. The van der Waals surface area contributed by atoms with Gasteiger partial charge in [-0.3, -0.25) is 0 Å². The Labute approximate surface area is 72.4 Å². The van der Waals surface area contributed by atoms with Gasteiger partial charge in [0.15, 0.2) is 0 Å². The molecule has 0 aliphatic rings. The Morgan fingerprint density at radius 1 is 0.818 bits per heavy atom. The van der Waals surface area contributed by atoms with Gasteiger partial charge in [0.05, 0.1) is 0 Å². The summed E-state index contributed by atoms with van der Waals surface area (Å²) in [6.45, 7) is 9.31. The lowest BCUT2D eigenvalue weighted by Gasteiger charge is -2.12. The van der Waals surface area contributed by atoms with Crippen molar-refractivity contribution in [1.29, 1.82) is 0 Å². The zero-order valence-corrected chi connectivity index (χ0v) is 8.69. The van der Waals surface area contributed by atoms with Crippen LogP contribution in [0, 0.1) is 11.8 Å². The first-order chi connectivity index (χ1) is 5.20. The molecule has 0 aromatic carbocycles. The van der Waals surface area contributed by atoms with Crippen LogP contribution in [-0.2, 0) is 0 Å². The summed E-state index contributed by atoms with van der Waals surface area (Å²) in [5, 5.41) is 0. The molecule has 0 unspecified atom stereocenters. The molecule has 0 nitrogen and oxygen atoms in total. The minimum atomic E-state index is 0.939. The molecule has 2 atom stereocenters. The van der Waals surface area contributed by atoms with Gasteiger partial charge in [-0.25, -0.2) is 0 Å². The lowest BCUT2D eigenvalue weighted by molar-refractivity contribution is 0.404. The summed E-state index contributed by atoms with van der Waals surface area (Å²) in [6.07, 6.45) is 6.97. The molecule has 68 valence electrons. The maximum atomic E-state index is 2.38. The third kappa shape index (κ3) is 6.40. The topological polar surface area (TPSA) is 0 Å². The van der Waals surface area contributed by atoms with Gasteiger partial charge in [0.2, 0.25) is 0 Å². The largest absolute Gasteiger partial charge is 0.0654 e. The summed E-state index contributed by atoms with van der Waals surface area (Å²) in [5.41, 5.74) is 0. The first kappa shape index (κ1) is 11.0. The normalized spacial score (nSPS) is 16.4. The first-order valence-electron chi connectivity index (χ1n) is 5.20. The average molecular weight is 156 g/mol. The molecule has 0 saturated carbocycles. The quantitative estimate of drug-likeness (QED) is 0.539. The average Bonchev–Trinajstić information content (AvgIpc) is 2.01. The van der Waals surface area contributed by atoms with E-state index in [0.29, 0.717) is 0 Å². The van der Waals surface area contributed by atoms with E-state index in [1.54, 1.807) is 0 Å². The molecule has 0 radical (unpaired) electrons. The molecule has 0 aromatic heterocycles. The van der Waals surface area contributed by atoms with Crippen LogP contribution in [0.3, 0.4) is 0 Å². The predicted molar refractivity (Wildman–Crippen MR) is 52.8 cm³/mol. The molecule has 0 amide bonds. The van der Waals surface area contributed by atoms with E-state index in [0.717, 1.165) is 11.8 Å². The summed E-state index contributed by atoms with van der Waals surface area (Å²) >= 11 is 0. The summed E-state index contributed by atoms with van der Waals surface area (Å²) < 4.78 is 0. The Bertz CT molecular complexity index is 76.1. The van der Waals surface area contributed by atoms with E-state index in [4.69, 9.17) is 0 Å². The fourth-order valence-electron chi connectivity index (χ4n) is 1.41. The Hall–Kier alpha value is 0. The van der Waals surface area contributed by atoms with Gasteiger partial charge < -0.3 is 0 Å². The van der Waals surface area contributed by atoms with Gasteiger partial charge in [0.25, 0.3) is 0 Å². The van der Waals surface area contributed by atoms with Crippen molar-refractivity contribution >= 4 is 0 Å². The molecule has 11 heavy (non-hydrogen) atoms. The molecular formula is C11H24. The van der Waals surface area contributed by atoms with Crippen LogP contribution in [0.2, 0.25) is 0 Å². The Balaban J connectivity index is 3.22. The molecule has 0 heterocycles. The van der Waals surface area contributed by atoms with Crippen LogP contribution in [0.25, 0.3) is 0 Å². The Morgan fingerprint density at radius 3 is 1.82 bits per heavy atom. The minimum absolute atomic E-state index is 0.939. The summed E-state index contributed by atoms with van der Waals surface area (Å²) in [6, 6.07) is 0. The van der Waals surface area contributed by atoms with E-state index in [2.05, 4.69) is 27.7 Å². The molecular weight excluding hydrogens is 132 g/mol. The molecule has 0 fully saturated rings. The predicted octanol–water partition coefficient (Wildman–Crippen LogP) is 4.25. The van der Waals surface area contributed by atoms with Crippen LogP contribution < -0.4 is 0 Å². The van der Waals surface area contributed by atoms with Crippen molar-refractivity contribution in [3.8, 4) is 0 Å². The molecule has 0 saturated heterocycles. The Kier molecular flexibility index (Phi) is 6.69. The highest BCUT2D eigenvalue weighted by Crippen LogP contribution is 2.17. The minimum Gasteiger partial charge on any atom is -0.0654 e. The maximum Gasteiger partial charge on any atom is -0.0443 e. The molecule has 0 aliphatic carbocycles. The van der Waals surface area contributed by atoms with E-state index in [1.807, 2.05) is 0 Å². The van der Waals surface area contributed by atoms with Crippen molar-refractivity contribution < 1.29 is 0 Å². The molecule has 0 bridgehead atoms. The third-order valence-corrected chi connectivity index (χ3v) is 2.63. The van der Waals surface area contributed by atoms with Gasteiger partial charge in [-0.05, 0) is 11.8 Å². The highest BCUT2D eigenvalue weighted by molar-refractivity contribution is 4.56. The Morgan fingerprint density at radius 2 is 1.36 bits per heavy atom. The van der Waals surface area contributed by atoms with E-state index in [9.17, 15) is 0 Å². The smallest absolute Gasteiger partial charge is 0.0443 e. The first-order valence-corrected chi connectivity index (χ1v) is 5.20. The molecule has 0 heteroatoms. The zero-order valence-electron chi connectivity index (χ0n) is 8.69. The van der Waals surface area contributed by atoms with Crippen LogP contribution in [0.4, 0.5) is 0 Å². The third-order valence-electron chi connectivity index (χ3n) is 2.63. The van der Waals surface area contributed by atoms with Gasteiger partial charge in [-0.1, -0.05) is 59.8 Å². The fraction of sp³-hybridized carbons (Fsp3) is 1.00. The zero-order chi connectivity index (χ0) is 8.69. The summed E-state index contributed by atoms with van der Waals surface area (Å²) in [4.78, 5) is 0. The van der Waals surface area contributed by atoms with Crippen LogP contribution in [0.15, 0.2) is 0 Å². The highest BCUT2D eigenvalue weighted by atomic mass is 14.1. The van der Waals surface area contributed by atoms with Crippen molar-refractivity contribution in [1.82, 2.24) is 0 Å². The van der Waals surface area contributed by atoms with Gasteiger partial charge in [-0.2, -0.15) is 0 Å². The second kappa shape index (κ2) is 6.69. The number of rotatable bonds is 6. The second-order valence-electron chi connectivity index (χ2n) is 3.98. The van der Waals surface area contributed by atoms with E-state index >= 15 is 0 Å². The molecule has 0 aromatic rings. The number of hydrogen-bond acceptors (Lipinski definition) is 0. The van der Waals surface area contributed by atoms with Crippen LogP contribution in [0.1, 0.15) is 59.8 Å². The van der Waals surface area contributed by atoms with Gasteiger partial charge in [0.1, 0.15) is 0 Å². The maximum absolute atomic E-state index is 2.38. The van der Waals surface area contributed by atoms with Gasteiger partial charge in [-0.15, -0.1) is 0 Å². The van der Waals surface area contributed by atoms with Crippen molar-refractivity contribution in [3.05, 3.63) is 0 Å². The fourth-order valence-corrected chi connectivity index (χ4v) is 1.41. The van der Waals surface area contributed by atoms with Crippen molar-refractivity contribution in [2.24, 2.45) is 11.8 Å². The summed E-state index contributed by atoms with van der Waals surface area (Å²) in [5.74, 6) is 1.89. The standard InChI is InChI=1S/C11H24/c1-5-7-11(4)9-8-10(3)6-2/h10-11H,5-9H2,1-4H3/t10-,11-/m1/s1. The van der Waals surface area contributed by atoms with E-state index in [1.165, 1.54) is 32.1 Å². The SMILES string of the molecule is CCC[C@@H](C)CC[C@H](C)CC. The van der Waals surface area contributed by atoms with E-state index < -0.39 is 0 Å². The van der Waals surface area contributed by atoms with Crippen molar-refractivity contribution in [2.45, 2.75) is 59.8 Å². The van der Waals surface area contributed by atoms with Crippen LogP contribution >= 0.6 is 0 Å². The monoisotopic (exact) mass is 156 g/mol. The molecule has 0 aliphatic heterocycles. The van der Waals surface area contributed by atoms with E-state index in [-0.39, 0.29) is 0 Å². The van der Waals surface area contributed by atoms with Gasteiger partial charge >= 0.3 is 0 Å². The van der Waals surface area contributed by atoms with Gasteiger partial charge in [0, 0.05) is 0 Å². The highest BCUT2D eigenvalue weighted by Gasteiger charge is 2.03. The lowest BCUT2D eigenvalue weighted by Crippen LogP contribution is -1.98. The summed E-state index contributed by atoms with van der Waals surface area (Å²) in [7, 11) is 0. The molecule has 0 N–H and O–H groups in total.